The lowest BCUT2D eigenvalue weighted by Crippen LogP contribution is -2.53. The number of halogens is 1. The van der Waals surface area contributed by atoms with Gasteiger partial charge in [0.15, 0.2) is 0 Å². The fourth-order valence-corrected chi connectivity index (χ4v) is 2.34. The number of rotatable bonds is 6. The number of allylic oxidation sites excluding steroid dienone is 1. The monoisotopic (exact) mass is 383 g/mol. The number of carbonyl (C=O) groups is 1. The lowest BCUT2D eigenvalue weighted by atomic mass is 9.92. The van der Waals surface area contributed by atoms with E-state index in [0.717, 1.165) is 5.69 Å². The number of hydrogen-bond acceptors (Lipinski definition) is 5. The molecule has 0 saturated heterocycles. The molecular weight excluding hydrogens is 362 g/mol. The summed E-state index contributed by atoms with van der Waals surface area (Å²) < 4.78 is 0. The Morgan fingerprint density at radius 2 is 1.93 bits per heavy atom. The van der Waals surface area contributed by atoms with Crippen molar-refractivity contribution in [3.63, 3.8) is 0 Å². The van der Waals surface area contributed by atoms with Crippen LogP contribution in [0.4, 0.5) is 5.69 Å². The van der Waals surface area contributed by atoms with Crippen molar-refractivity contribution in [1.29, 1.82) is 5.26 Å². The summed E-state index contributed by atoms with van der Waals surface area (Å²) in [7, 11) is 0. The van der Waals surface area contributed by atoms with Gasteiger partial charge in [0.2, 0.25) is 0 Å². The van der Waals surface area contributed by atoms with Gasteiger partial charge in [0.25, 0.3) is 5.91 Å². The minimum absolute atomic E-state index is 0.239. The van der Waals surface area contributed by atoms with Crippen LogP contribution >= 0.6 is 11.6 Å². The average molecular weight is 384 g/mol. The van der Waals surface area contributed by atoms with Crippen molar-refractivity contribution in [2.24, 2.45) is 5.41 Å². The molecule has 140 valence electrons. The molecule has 3 N–H and O–H groups in total. The number of nitrogens with zero attached hydrogens (tertiary/aromatic N) is 2. The predicted molar refractivity (Wildman–Crippen MR) is 107 cm³/mol. The highest BCUT2D eigenvalue weighted by atomic mass is 35.5. The number of pyridine rings is 1. The van der Waals surface area contributed by atoms with E-state index < -0.39 is 6.17 Å². The molecule has 2 rings (SSSR count). The summed E-state index contributed by atoms with van der Waals surface area (Å²) in [5, 5.41) is 18.9. The van der Waals surface area contributed by atoms with E-state index in [1.807, 2.05) is 32.9 Å². The quantitative estimate of drug-likeness (QED) is 0.520. The van der Waals surface area contributed by atoms with Crippen LogP contribution in [-0.2, 0) is 0 Å². The van der Waals surface area contributed by atoms with Gasteiger partial charge in [0.1, 0.15) is 12.0 Å². The van der Waals surface area contributed by atoms with E-state index in [-0.39, 0.29) is 11.3 Å². The minimum atomic E-state index is -0.440. The Kier molecular flexibility index (Phi) is 6.80. The van der Waals surface area contributed by atoms with Gasteiger partial charge in [0.05, 0.1) is 24.0 Å². The first-order valence-corrected chi connectivity index (χ1v) is 8.77. The van der Waals surface area contributed by atoms with Crippen LogP contribution < -0.4 is 16.0 Å². The van der Waals surface area contributed by atoms with Gasteiger partial charge >= 0.3 is 0 Å². The zero-order chi connectivity index (χ0) is 19.9. The van der Waals surface area contributed by atoms with Gasteiger partial charge in [0, 0.05) is 22.2 Å². The van der Waals surface area contributed by atoms with Gasteiger partial charge < -0.3 is 16.0 Å². The molecule has 1 aromatic heterocycles. The van der Waals surface area contributed by atoms with Gasteiger partial charge in [-0.05, 0) is 36.4 Å². The van der Waals surface area contributed by atoms with Gasteiger partial charge in [-0.15, -0.1) is 0 Å². The zero-order valence-electron chi connectivity index (χ0n) is 15.5. The van der Waals surface area contributed by atoms with Crippen molar-refractivity contribution in [3.05, 3.63) is 71.3 Å². The van der Waals surface area contributed by atoms with Crippen molar-refractivity contribution in [2.75, 3.05) is 5.32 Å². The molecule has 0 radical (unpaired) electrons. The largest absolute Gasteiger partial charge is 0.351 e. The van der Waals surface area contributed by atoms with E-state index in [0.29, 0.717) is 16.4 Å². The molecule has 0 aliphatic carbocycles. The highest BCUT2D eigenvalue weighted by molar-refractivity contribution is 6.30. The highest BCUT2D eigenvalue weighted by Crippen LogP contribution is 2.20. The zero-order valence-corrected chi connectivity index (χ0v) is 16.2. The number of amides is 1. The van der Waals surface area contributed by atoms with E-state index in [9.17, 15) is 4.79 Å². The Morgan fingerprint density at radius 1 is 1.22 bits per heavy atom. The number of benzene rings is 1. The molecule has 27 heavy (non-hydrogen) atoms. The second-order valence-corrected chi connectivity index (χ2v) is 7.41. The van der Waals surface area contributed by atoms with Crippen LogP contribution in [0.15, 0.2) is 60.7 Å². The molecule has 0 aliphatic rings. The standard InChI is InChI=1S/C20H22ClN5O/c1-20(2,3)19(26-18(27)14-6-8-15(21)9-7-14)25-17(10-11-22)24-16-5-4-12-23-13-16/h4-10,12-13,19,24-25H,1-3H3,(H,26,27). The van der Waals surface area contributed by atoms with Crippen LogP contribution in [-0.4, -0.2) is 17.1 Å². The van der Waals surface area contributed by atoms with Gasteiger partial charge in [-0.25, -0.2) is 0 Å². The number of carbonyl (C=O) groups excluding carboxylic acids is 1. The Labute approximate surface area is 164 Å². The van der Waals surface area contributed by atoms with Gasteiger partial charge in [-0.3, -0.25) is 9.78 Å². The summed E-state index contributed by atoms with van der Waals surface area (Å²) in [4.78, 5) is 16.6. The van der Waals surface area contributed by atoms with Gasteiger partial charge in [-0.2, -0.15) is 5.26 Å². The number of aromatic nitrogens is 1. The lowest BCUT2D eigenvalue weighted by Gasteiger charge is -2.33. The Hall–Kier alpha value is -3.04. The third-order valence-corrected chi connectivity index (χ3v) is 3.95. The van der Waals surface area contributed by atoms with Crippen LogP contribution in [0.3, 0.4) is 0 Å². The summed E-state index contributed by atoms with van der Waals surface area (Å²) in [6.45, 7) is 5.96. The maximum absolute atomic E-state index is 12.6. The molecule has 1 heterocycles. The molecule has 1 unspecified atom stereocenters. The fourth-order valence-electron chi connectivity index (χ4n) is 2.21. The van der Waals surface area contributed by atoms with Crippen molar-refractivity contribution >= 4 is 23.2 Å². The Bertz CT molecular complexity index is 835. The van der Waals surface area contributed by atoms with Crippen molar-refractivity contribution in [2.45, 2.75) is 26.9 Å². The smallest absolute Gasteiger partial charge is 0.252 e. The number of nitriles is 1. The average Bonchev–Trinajstić information content (AvgIpc) is 2.62. The number of nitrogens with one attached hydrogen (secondary N) is 3. The van der Waals surface area contributed by atoms with Gasteiger partial charge in [-0.1, -0.05) is 32.4 Å². The first-order chi connectivity index (χ1) is 12.8. The maximum atomic E-state index is 12.6. The van der Waals surface area contributed by atoms with E-state index in [1.165, 1.54) is 6.08 Å². The molecule has 2 aromatic rings. The molecule has 1 amide bonds. The normalized spacial score (nSPS) is 12.6. The first kappa shape index (κ1) is 20.3. The number of hydrogen-bond donors (Lipinski definition) is 3. The third-order valence-electron chi connectivity index (χ3n) is 3.70. The Morgan fingerprint density at radius 3 is 2.48 bits per heavy atom. The molecule has 0 bridgehead atoms. The minimum Gasteiger partial charge on any atom is -0.351 e. The highest BCUT2D eigenvalue weighted by Gasteiger charge is 2.27. The van der Waals surface area contributed by atoms with Crippen LogP contribution in [0.5, 0.6) is 0 Å². The number of anilines is 1. The molecule has 1 aromatic carbocycles. The molecule has 7 heteroatoms. The SMILES string of the molecule is CC(C)(C)C(NC(=O)c1ccc(Cl)cc1)NC(=CC#N)Nc1cccnc1. The Balaban J connectivity index is 2.17. The topological polar surface area (TPSA) is 89.8 Å². The molecule has 6 nitrogen and oxygen atoms in total. The summed E-state index contributed by atoms with van der Waals surface area (Å²) in [5.74, 6) is 0.221. The molecular formula is C20H22ClN5O. The van der Waals surface area contributed by atoms with Crippen LogP contribution in [0.25, 0.3) is 0 Å². The van der Waals surface area contributed by atoms with Crippen LogP contribution in [0.2, 0.25) is 5.02 Å². The second-order valence-electron chi connectivity index (χ2n) is 6.98. The first-order valence-electron chi connectivity index (χ1n) is 8.39. The molecule has 0 fully saturated rings. The predicted octanol–water partition coefficient (Wildman–Crippen LogP) is 3.90. The van der Waals surface area contributed by atoms with E-state index in [2.05, 4.69) is 20.9 Å². The van der Waals surface area contributed by atoms with Crippen molar-refractivity contribution in [1.82, 2.24) is 15.6 Å². The van der Waals surface area contributed by atoms with E-state index >= 15 is 0 Å². The van der Waals surface area contributed by atoms with Crippen LogP contribution in [0, 0.1) is 16.7 Å². The van der Waals surface area contributed by atoms with Crippen LogP contribution in [0.1, 0.15) is 31.1 Å². The van der Waals surface area contributed by atoms with E-state index in [4.69, 9.17) is 16.9 Å². The summed E-state index contributed by atoms with van der Waals surface area (Å²) in [5.41, 5.74) is 0.900. The maximum Gasteiger partial charge on any atom is 0.252 e. The summed E-state index contributed by atoms with van der Waals surface area (Å²) in [6, 6.07) is 12.3. The lowest BCUT2D eigenvalue weighted by molar-refractivity contribution is 0.0889. The summed E-state index contributed by atoms with van der Waals surface area (Å²) in [6.07, 6.45) is 4.21. The van der Waals surface area contributed by atoms with E-state index in [1.54, 1.807) is 42.7 Å². The third kappa shape index (κ3) is 6.32. The molecule has 0 aliphatic heterocycles. The molecule has 1 atom stereocenters. The second kappa shape index (κ2) is 9.06. The van der Waals surface area contributed by atoms with Crippen molar-refractivity contribution in [3.8, 4) is 6.07 Å². The summed E-state index contributed by atoms with van der Waals surface area (Å²) >= 11 is 5.88. The molecule has 0 spiro atoms. The molecule has 0 saturated carbocycles. The fraction of sp³-hybridized carbons (Fsp3) is 0.250. The van der Waals surface area contributed by atoms with Crippen molar-refractivity contribution < 1.29 is 4.79 Å².